The highest BCUT2D eigenvalue weighted by molar-refractivity contribution is 5.92. The molecule has 0 spiro atoms. The van der Waals surface area contributed by atoms with Crippen LogP contribution in [0.25, 0.3) is 11.0 Å². The van der Waals surface area contributed by atoms with Crippen LogP contribution >= 0.6 is 0 Å². The van der Waals surface area contributed by atoms with Crippen LogP contribution in [0.5, 0.6) is 0 Å². The van der Waals surface area contributed by atoms with Gasteiger partial charge in [-0.1, -0.05) is 5.21 Å². The lowest BCUT2D eigenvalue weighted by molar-refractivity contribution is 0.0697. The predicted octanol–water partition coefficient (Wildman–Crippen LogP) is 0.478. The van der Waals surface area contributed by atoms with Crippen LogP contribution in [0.15, 0.2) is 18.2 Å². The predicted molar refractivity (Wildman–Crippen MR) is 58.2 cm³/mol. The van der Waals surface area contributed by atoms with Gasteiger partial charge in [-0.15, -0.1) is 5.10 Å². The van der Waals surface area contributed by atoms with E-state index in [9.17, 15) is 4.79 Å². The third-order valence-electron chi connectivity index (χ3n) is 2.33. The minimum Gasteiger partial charge on any atom is -0.478 e. The Morgan fingerprint density at radius 2 is 2.31 bits per heavy atom. The lowest BCUT2D eigenvalue weighted by Gasteiger charge is -2.00. The highest BCUT2D eigenvalue weighted by Crippen LogP contribution is 2.13. The van der Waals surface area contributed by atoms with Crippen molar-refractivity contribution in [2.24, 2.45) is 5.73 Å². The lowest BCUT2D eigenvalue weighted by Crippen LogP contribution is -2.07. The summed E-state index contributed by atoms with van der Waals surface area (Å²) in [6, 6.07) is 4.78. The van der Waals surface area contributed by atoms with Gasteiger partial charge in [-0.3, -0.25) is 0 Å². The van der Waals surface area contributed by atoms with Crippen LogP contribution in [-0.4, -0.2) is 32.6 Å². The Morgan fingerprint density at radius 1 is 1.50 bits per heavy atom. The third kappa shape index (κ3) is 1.87. The number of hydrogen-bond donors (Lipinski definition) is 2. The molecule has 2 aromatic rings. The number of fused-ring (bicyclic) bond motifs is 1. The smallest absolute Gasteiger partial charge is 0.335 e. The maximum absolute atomic E-state index is 10.8. The molecule has 0 atom stereocenters. The quantitative estimate of drug-likeness (QED) is 0.781. The topological polar surface area (TPSA) is 94.0 Å². The first-order valence-electron chi connectivity index (χ1n) is 4.99. The summed E-state index contributed by atoms with van der Waals surface area (Å²) in [7, 11) is 0. The average Bonchev–Trinajstić information content (AvgIpc) is 2.68. The fourth-order valence-electron chi connectivity index (χ4n) is 1.51. The Balaban J connectivity index is 2.38. The maximum atomic E-state index is 10.8. The highest BCUT2D eigenvalue weighted by Gasteiger charge is 2.08. The maximum Gasteiger partial charge on any atom is 0.335 e. The SMILES string of the molecule is NCCCn1nnc2cc(C(=O)O)ccc21. The monoisotopic (exact) mass is 220 g/mol. The van der Waals surface area contributed by atoms with Crippen LogP contribution in [0.4, 0.5) is 0 Å². The number of hydrogen-bond acceptors (Lipinski definition) is 4. The van der Waals surface area contributed by atoms with Gasteiger partial charge in [0.1, 0.15) is 5.52 Å². The summed E-state index contributed by atoms with van der Waals surface area (Å²) in [5.41, 5.74) is 7.06. The van der Waals surface area contributed by atoms with E-state index in [1.165, 1.54) is 6.07 Å². The fourth-order valence-corrected chi connectivity index (χ4v) is 1.51. The number of carbonyl (C=O) groups is 1. The Kier molecular flexibility index (Phi) is 2.82. The summed E-state index contributed by atoms with van der Waals surface area (Å²) >= 11 is 0. The molecule has 16 heavy (non-hydrogen) atoms. The minimum absolute atomic E-state index is 0.221. The van der Waals surface area contributed by atoms with Crippen molar-refractivity contribution in [3.05, 3.63) is 23.8 Å². The zero-order chi connectivity index (χ0) is 11.5. The molecule has 2 rings (SSSR count). The van der Waals surface area contributed by atoms with Crippen LogP contribution in [0.3, 0.4) is 0 Å². The van der Waals surface area contributed by atoms with Crippen LogP contribution in [0, 0.1) is 0 Å². The molecule has 0 bridgehead atoms. The first-order valence-corrected chi connectivity index (χ1v) is 4.99. The Hall–Kier alpha value is -1.95. The standard InChI is InChI=1S/C10H12N4O2/c11-4-1-5-14-9-3-2-7(10(15)16)6-8(9)12-13-14/h2-3,6H,1,4-5,11H2,(H,15,16). The molecule has 0 fully saturated rings. The van der Waals surface area contributed by atoms with E-state index in [-0.39, 0.29) is 5.56 Å². The molecule has 1 aromatic heterocycles. The minimum atomic E-state index is -0.960. The van der Waals surface area contributed by atoms with Gasteiger partial charge in [0, 0.05) is 6.54 Å². The summed E-state index contributed by atoms with van der Waals surface area (Å²) in [6.07, 6.45) is 0.819. The molecule has 0 amide bonds. The van der Waals surface area contributed by atoms with E-state index < -0.39 is 5.97 Å². The number of nitrogens with zero attached hydrogens (tertiary/aromatic N) is 3. The largest absolute Gasteiger partial charge is 0.478 e. The molecule has 1 aromatic carbocycles. The van der Waals surface area contributed by atoms with Crippen LogP contribution in [0.1, 0.15) is 16.8 Å². The zero-order valence-electron chi connectivity index (χ0n) is 8.63. The lowest BCUT2D eigenvalue weighted by atomic mass is 10.2. The molecule has 6 nitrogen and oxygen atoms in total. The van der Waals surface area contributed by atoms with Gasteiger partial charge in [0.05, 0.1) is 11.1 Å². The van der Waals surface area contributed by atoms with Gasteiger partial charge in [-0.25, -0.2) is 9.48 Å². The van der Waals surface area contributed by atoms with Crippen molar-refractivity contribution >= 4 is 17.0 Å². The Bertz CT molecular complexity index is 521. The first kappa shape index (κ1) is 10.6. The molecule has 0 aliphatic heterocycles. The Morgan fingerprint density at radius 3 is 3.00 bits per heavy atom. The van der Waals surface area contributed by atoms with Gasteiger partial charge in [-0.05, 0) is 31.2 Å². The molecule has 0 saturated heterocycles. The van der Waals surface area contributed by atoms with Crippen LogP contribution < -0.4 is 5.73 Å². The molecule has 0 saturated carbocycles. The second-order valence-corrected chi connectivity index (χ2v) is 3.46. The van der Waals surface area contributed by atoms with Gasteiger partial charge in [-0.2, -0.15) is 0 Å². The van der Waals surface area contributed by atoms with Gasteiger partial charge in [0.2, 0.25) is 0 Å². The first-order chi connectivity index (χ1) is 7.72. The summed E-state index contributed by atoms with van der Waals surface area (Å²) in [5, 5.41) is 16.7. The van der Waals surface area contributed by atoms with E-state index in [1.54, 1.807) is 16.8 Å². The second-order valence-electron chi connectivity index (χ2n) is 3.46. The normalized spacial score (nSPS) is 10.8. The molecule has 0 radical (unpaired) electrons. The van der Waals surface area contributed by atoms with Crippen LogP contribution in [-0.2, 0) is 6.54 Å². The highest BCUT2D eigenvalue weighted by atomic mass is 16.4. The zero-order valence-corrected chi connectivity index (χ0v) is 8.63. The molecular formula is C10H12N4O2. The van der Waals surface area contributed by atoms with Crippen molar-refractivity contribution in [3.63, 3.8) is 0 Å². The molecule has 1 heterocycles. The van der Waals surface area contributed by atoms with Crippen molar-refractivity contribution in [2.75, 3.05) is 6.54 Å². The fraction of sp³-hybridized carbons (Fsp3) is 0.300. The summed E-state index contributed by atoms with van der Waals surface area (Å²) < 4.78 is 1.73. The van der Waals surface area contributed by atoms with Crippen molar-refractivity contribution in [1.82, 2.24) is 15.0 Å². The number of nitrogens with two attached hydrogens (primary N) is 1. The van der Waals surface area contributed by atoms with Crippen molar-refractivity contribution in [3.8, 4) is 0 Å². The van der Waals surface area contributed by atoms with E-state index in [2.05, 4.69) is 10.3 Å². The molecule has 3 N–H and O–H groups in total. The van der Waals surface area contributed by atoms with Crippen molar-refractivity contribution in [2.45, 2.75) is 13.0 Å². The molecular weight excluding hydrogens is 208 g/mol. The number of benzene rings is 1. The average molecular weight is 220 g/mol. The van der Waals surface area contributed by atoms with E-state index >= 15 is 0 Å². The van der Waals surface area contributed by atoms with Crippen LogP contribution in [0.2, 0.25) is 0 Å². The van der Waals surface area contributed by atoms with E-state index in [0.717, 1.165) is 11.9 Å². The summed E-state index contributed by atoms with van der Waals surface area (Å²) in [4.78, 5) is 10.8. The molecule has 0 aliphatic rings. The molecule has 6 heteroatoms. The summed E-state index contributed by atoms with van der Waals surface area (Å²) in [5.74, 6) is -0.960. The molecule has 0 unspecified atom stereocenters. The molecule has 0 aliphatic carbocycles. The van der Waals surface area contributed by atoms with Gasteiger partial charge < -0.3 is 10.8 Å². The van der Waals surface area contributed by atoms with Gasteiger partial charge >= 0.3 is 5.97 Å². The van der Waals surface area contributed by atoms with Crippen molar-refractivity contribution < 1.29 is 9.90 Å². The van der Waals surface area contributed by atoms with Gasteiger partial charge in [0.25, 0.3) is 0 Å². The number of aryl methyl sites for hydroxylation is 1. The second kappa shape index (κ2) is 4.28. The summed E-state index contributed by atoms with van der Waals surface area (Å²) in [6.45, 7) is 1.29. The van der Waals surface area contributed by atoms with E-state index in [4.69, 9.17) is 10.8 Å². The number of carboxylic acid groups (broad SMARTS) is 1. The number of aromatic nitrogens is 3. The number of aromatic carboxylic acids is 1. The van der Waals surface area contributed by atoms with Gasteiger partial charge in [0.15, 0.2) is 0 Å². The van der Waals surface area contributed by atoms with Crippen molar-refractivity contribution in [1.29, 1.82) is 0 Å². The Labute approximate surface area is 91.7 Å². The molecule has 84 valence electrons. The third-order valence-corrected chi connectivity index (χ3v) is 2.33. The van der Waals surface area contributed by atoms with E-state index in [1.807, 2.05) is 0 Å². The van der Waals surface area contributed by atoms with E-state index in [0.29, 0.717) is 18.6 Å². The number of rotatable bonds is 4. The number of carboxylic acids is 1.